The lowest BCUT2D eigenvalue weighted by Crippen LogP contribution is -2.27. The molecule has 78 valence electrons. The molecule has 2 atom stereocenters. The molecule has 0 radical (unpaired) electrons. The van der Waals surface area contributed by atoms with Gasteiger partial charge in [0.15, 0.2) is 10.8 Å². The summed E-state index contributed by atoms with van der Waals surface area (Å²) in [7, 11) is 0. The van der Waals surface area contributed by atoms with Crippen molar-refractivity contribution in [1.82, 2.24) is 4.98 Å². The molecule has 0 aliphatic heterocycles. The van der Waals surface area contributed by atoms with Crippen molar-refractivity contribution < 1.29 is 15.0 Å². The molecule has 14 heavy (non-hydrogen) atoms. The minimum absolute atomic E-state index is 0.0234. The largest absolute Gasteiger partial charge is 0.476 e. The second-order valence-electron chi connectivity index (χ2n) is 3.02. The molecule has 0 aliphatic carbocycles. The first-order valence-corrected chi connectivity index (χ1v) is 5.02. The molecule has 3 N–H and O–H groups in total. The van der Waals surface area contributed by atoms with Crippen LogP contribution in [0.3, 0.4) is 0 Å². The second kappa shape index (κ2) is 4.39. The van der Waals surface area contributed by atoms with Gasteiger partial charge in [-0.2, -0.15) is 0 Å². The quantitative estimate of drug-likeness (QED) is 0.700. The van der Waals surface area contributed by atoms with E-state index in [9.17, 15) is 9.90 Å². The molecule has 1 rings (SSSR count). The fourth-order valence-electron chi connectivity index (χ4n) is 0.754. The standard InChI is InChI=1S/C8H12N2O3S/c1-4(5(2)11)9-8-10-6(3-14-8)7(12)13/h3-5,11H,1-2H3,(H,9,10)(H,12,13). The van der Waals surface area contributed by atoms with Crippen molar-refractivity contribution in [2.75, 3.05) is 5.32 Å². The zero-order valence-corrected chi connectivity index (χ0v) is 8.71. The maximum Gasteiger partial charge on any atom is 0.355 e. The van der Waals surface area contributed by atoms with Gasteiger partial charge in [-0.1, -0.05) is 0 Å². The van der Waals surface area contributed by atoms with Crippen molar-refractivity contribution >= 4 is 22.4 Å². The second-order valence-corrected chi connectivity index (χ2v) is 3.87. The van der Waals surface area contributed by atoms with Crippen LogP contribution in [0, 0.1) is 0 Å². The van der Waals surface area contributed by atoms with Crippen LogP contribution in [0.15, 0.2) is 5.38 Å². The first-order valence-electron chi connectivity index (χ1n) is 4.14. The maximum atomic E-state index is 10.5. The van der Waals surface area contributed by atoms with Gasteiger partial charge in [0.25, 0.3) is 0 Å². The molecule has 0 aromatic carbocycles. The van der Waals surface area contributed by atoms with Gasteiger partial charge in [-0.3, -0.25) is 0 Å². The highest BCUT2D eigenvalue weighted by Crippen LogP contribution is 2.16. The average Bonchev–Trinajstić information content (AvgIpc) is 2.52. The summed E-state index contributed by atoms with van der Waals surface area (Å²) < 4.78 is 0. The Bertz CT molecular complexity index is 324. The number of carboxylic acids is 1. The van der Waals surface area contributed by atoms with E-state index in [1.54, 1.807) is 13.8 Å². The molecule has 1 heterocycles. The summed E-state index contributed by atoms with van der Waals surface area (Å²) >= 11 is 1.21. The van der Waals surface area contributed by atoms with E-state index in [2.05, 4.69) is 10.3 Å². The molecule has 0 fully saturated rings. The summed E-state index contributed by atoms with van der Waals surface area (Å²) in [5.41, 5.74) is 0.0234. The van der Waals surface area contributed by atoms with Gasteiger partial charge in [0.05, 0.1) is 12.1 Å². The third-order valence-corrected chi connectivity index (χ3v) is 2.57. The lowest BCUT2D eigenvalue weighted by molar-refractivity contribution is 0.0691. The van der Waals surface area contributed by atoms with Gasteiger partial charge in [-0.05, 0) is 13.8 Å². The molecule has 2 unspecified atom stereocenters. The van der Waals surface area contributed by atoms with Gasteiger partial charge >= 0.3 is 5.97 Å². The summed E-state index contributed by atoms with van der Waals surface area (Å²) in [6.07, 6.45) is -0.507. The predicted molar refractivity (Wildman–Crippen MR) is 53.8 cm³/mol. The van der Waals surface area contributed by atoms with Crippen LogP contribution in [0.4, 0.5) is 5.13 Å². The molecule has 0 aliphatic rings. The molecule has 0 spiro atoms. The van der Waals surface area contributed by atoms with E-state index in [1.165, 1.54) is 16.7 Å². The number of rotatable bonds is 4. The lowest BCUT2D eigenvalue weighted by atomic mass is 10.2. The van der Waals surface area contributed by atoms with E-state index in [0.717, 1.165) is 0 Å². The molecule has 1 aromatic rings. The van der Waals surface area contributed by atoms with Crippen LogP contribution in [-0.2, 0) is 0 Å². The Kier molecular flexibility index (Phi) is 3.43. The summed E-state index contributed by atoms with van der Waals surface area (Å²) in [5.74, 6) is -1.04. The summed E-state index contributed by atoms with van der Waals surface area (Å²) in [6, 6.07) is -0.150. The van der Waals surface area contributed by atoms with Gasteiger partial charge in [-0.25, -0.2) is 9.78 Å². The van der Waals surface area contributed by atoms with Crippen LogP contribution < -0.4 is 5.32 Å². The maximum absolute atomic E-state index is 10.5. The van der Waals surface area contributed by atoms with Crippen molar-refractivity contribution in [2.24, 2.45) is 0 Å². The number of thiazole rings is 1. The number of carbonyl (C=O) groups is 1. The first-order chi connectivity index (χ1) is 6.50. The molecular formula is C8H12N2O3S. The fraction of sp³-hybridized carbons (Fsp3) is 0.500. The molecule has 6 heteroatoms. The molecule has 5 nitrogen and oxygen atoms in total. The van der Waals surface area contributed by atoms with Crippen molar-refractivity contribution in [3.63, 3.8) is 0 Å². The third kappa shape index (κ3) is 2.68. The van der Waals surface area contributed by atoms with E-state index < -0.39 is 12.1 Å². The van der Waals surface area contributed by atoms with E-state index in [1.807, 2.05) is 0 Å². The summed E-state index contributed by atoms with van der Waals surface area (Å²) in [6.45, 7) is 3.45. The number of nitrogens with zero attached hydrogens (tertiary/aromatic N) is 1. The minimum Gasteiger partial charge on any atom is -0.476 e. The summed E-state index contributed by atoms with van der Waals surface area (Å²) in [4.78, 5) is 14.3. The van der Waals surface area contributed by atoms with Crippen LogP contribution in [-0.4, -0.2) is 33.3 Å². The topological polar surface area (TPSA) is 82.5 Å². The normalized spacial score (nSPS) is 14.8. The number of hydrogen-bond acceptors (Lipinski definition) is 5. The predicted octanol–water partition coefficient (Wildman–Crippen LogP) is 1.02. The zero-order valence-electron chi connectivity index (χ0n) is 7.89. The molecular weight excluding hydrogens is 204 g/mol. The average molecular weight is 216 g/mol. The van der Waals surface area contributed by atoms with Gasteiger partial charge < -0.3 is 15.5 Å². The minimum atomic E-state index is -1.04. The Morgan fingerprint density at radius 2 is 2.29 bits per heavy atom. The van der Waals surface area contributed by atoms with E-state index in [-0.39, 0.29) is 11.7 Å². The number of aliphatic hydroxyl groups excluding tert-OH is 1. The van der Waals surface area contributed by atoms with Gasteiger partial charge in [-0.15, -0.1) is 11.3 Å². The van der Waals surface area contributed by atoms with Crippen molar-refractivity contribution in [2.45, 2.75) is 26.0 Å². The van der Waals surface area contributed by atoms with Crippen LogP contribution >= 0.6 is 11.3 Å². The fourth-order valence-corrected chi connectivity index (χ4v) is 1.54. The number of anilines is 1. The van der Waals surface area contributed by atoms with Crippen LogP contribution in [0.25, 0.3) is 0 Å². The summed E-state index contributed by atoms with van der Waals surface area (Å²) in [5, 5.41) is 22.7. The highest BCUT2D eigenvalue weighted by molar-refractivity contribution is 7.13. The highest BCUT2D eigenvalue weighted by atomic mass is 32.1. The number of nitrogens with one attached hydrogen (secondary N) is 1. The Morgan fingerprint density at radius 3 is 2.71 bits per heavy atom. The smallest absolute Gasteiger partial charge is 0.355 e. The number of carboxylic acid groups (broad SMARTS) is 1. The number of hydrogen-bond donors (Lipinski definition) is 3. The molecule has 0 bridgehead atoms. The Labute approximate surface area is 85.4 Å². The Hall–Kier alpha value is -1.14. The van der Waals surface area contributed by atoms with Gasteiger partial charge in [0, 0.05) is 5.38 Å². The molecule has 0 saturated carbocycles. The van der Waals surface area contributed by atoms with Crippen LogP contribution in [0.1, 0.15) is 24.3 Å². The zero-order chi connectivity index (χ0) is 10.7. The lowest BCUT2D eigenvalue weighted by Gasteiger charge is -2.15. The number of aromatic nitrogens is 1. The van der Waals surface area contributed by atoms with Crippen molar-refractivity contribution in [3.8, 4) is 0 Å². The Balaban J connectivity index is 2.64. The van der Waals surface area contributed by atoms with Crippen LogP contribution in [0.5, 0.6) is 0 Å². The molecule has 0 saturated heterocycles. The third-order valence-electron chi connectivity index (χ3n) is 1.80. The van der Waals surface area contributed by atoms with Crippen molar-refractivity contribution in [1.29, 1.82) is 0 Å². The van der Waals surface area contributed by atoms with E-state index >= 15 is 0 Å². The van der Waals surface area contributed by atoms with Crippen LogP contribution in [0.2, 0.25) is 0 Å². The SMILES string of the molecule is CC(O)C(C)Nc1nc(C(=O)O)cs1. The molecule has 0 amide bonds. The van der Waals surface area contributed by atoms with Gasteiger partial charge in [0.2, 0.25) is 0 Å². The monoisotopic (exact) mass is 216 g/mol. The van der Waals surface area contributed by atoms with Gasteiger partial charge in [0.1, 0.15) is 0 Å². The molecule has 1 aromatic heterocycles. The number of aromatic carboxylic acids is 1. The van der Waals surface area contributed by atoms with E-state index in [0.29, 0.717) is 5.13 Å². The van der Waals surface area contributed by atoms with Crippen molar-refractivity contribution in [3.05, 3.63) is 11.1 Å². The number of aliphatic hydroxyl groups is 1. The highest BCUT2D eigenvalue weighted by Gasteiger charge is 2.12. The van der Waals surface area contributed by atoms with E-state index in [4.69, 9.17) is 5.11 Å². The Morgan fingerprint density at radius 1 is 1.64 bits per heavy atom. The first kappa shape index (κ1) is 10.9.